The van der Waals surface area contributed by atoms with E-state index < -0.39 is 11.9 Å². The van der Waals surface area contributed by atoms with Crippen molar-refractivity contribution in [2.75, 3.05) is 23.8 Å². The van der Waals surface area contributed by atoms with Crippen LogP contribution in [0.1, 0.15) is 36.5 Å². The smallest absolute Gasteiger partial charge is 0.340 e. The van der Waals surface area contributed by atoms with Gasteiger partial charge in [-0.1, -0.05) is 28.9 Å². The normalized spacial score (nSPS) is 12.7. The average molecular weight is 475 g/mol. The molecule has 0 saturated heterocycles. The maximum atomic E-state index is 12.4. The molecule has 0 atom stereocenters. The van der Waals surface area contributed by atoms with Gasteiger partial charge in [-0.25, -0.2) is 4.79 Å². The van der Waals surface area contributed by atoms with Crippen molar-refractivity contribution in [3.63, 3.8) is 0 Å². The van der Waals surface area contributed by atoms with Gasteiger partial charge in [0.05, 0.1) is 17.9 Å². The van der Waals surface area contributed by atoms with Crippen LogP contribution < -0.4 is 15.4 Å². The Morgan fingerprint density at radius 1 is 1.10 bits per heavy atom. The molecule has 0 bridgehead atoms. The molecule has 30 heavy (non-hydrogen) atoms. The van der Waals surface area contributed by atoms with Gasteiger partial charge in [0.2, 0.25) is 5.91 Å². The zero-order valence-corrected chi connectivity index (χ0v) is 18.2. The van der Waals surface area contributed by atoms with Gasteiger partial charge < -0.3 is 20.1 Å². The molecule has 0 spiro atoms. The minimum absolute atomic E-state index is 0.00243. The molecule has 3 rings (SSSR count). The Balaban J connectivity index is 1.58. The first-order valence-electron chi connectivity index (χ1n) is 9.76. The Labute approximate surface area is 183 Å². The van der Waals surface area contributed by atoms with Gasteiger partial charge in [-0.15, -0.1) is 0 Å². The summed E-state index contributed by atoms with van der Waals surface area (Å²) in [6.45, 7) is 1.95. The second-order valence-corrected chi connectivity index (χ2v) is 7.87. The molecule has 8 heteroatoms. The van der Waals surface area contributed by atoms with Crippen LogP contribution in [-0.4, -0.2) is 31.0 Å². The second-order valence-electron chi connectivity index (χ2n) is 6.95. The number of nitrogens with one attached hydrogen (secondary N) is 2. The van der Waals surface area contributed by atoms with Crippen molar-refractivity contribution in [3.8, 4) is 5.75 Å². The average Bonchev–Trinajstić information content (AvgIpc) is 3.57. The summed E-state index contributed by atoms with van der Waals surface area (Å²) in [5, 5.41) is 5.52. The van der Waals surface area contributed by atoms with Crippen molar-refractivity contribution in [1.82, 2.24) is 0 Å². The first kappa shape index (κ1) is 21.8. The maximum absolute atomic E-state index is 12.4. The van der Waals surface area contributed by atoms with E-state index in [2.05, 4.69) is 26.6 Å². The Kier molecular flexibility index (Phi) is 7.46. The third kappa shape index (κ3) is 6.32. The summed E-state index contributed by atoms with van der Waals surface area (Å²) in [5.41, 5.74) is 1.23. The number of esters is 1. The molecule has 2 N–H and O–H groups in total. The molecule has 0 radical (unpaired) electrons. The number of anilines is 2. The fraction of sp³-hybridized carbons (Fsp3) is 0.318. The van der Waals surface area contributed by atoms with Gasteiger partial charge in [-0.2, -0.15) is 0 Å². The van der Waals surface area contributed by atoms with E-state index in [1.807, 2.05) is 6.92 Å². The molecule has 1 aliphatic rings. The fourth-order valence-electron chi connectivity index (χ4n) is 2.66. The van der Waals surface area contributed by atoms with Crippen LogP contribution in [0.2, 0.25) is 0 Å². The highest BCUT2D eigenvalue weighted by Crippen LogP contribution is 2.30. The van der Waals surface area contributed by atoms with Gasteiger partial charge in [-0.3, -0.25) is 9.59 Å². The molecule has 2 amide bonds. The number of hydrogen-bond donors (Lipinski definition) is 2. The molecule has 0 aromatic heterocycles. The highest BCUT2D eigenvalue weighted by molar-refractivity contribution is 9.10. The van der Waals surface area contributed by atoms with Crippen molar-refractivity contribution in [2.45, 2.75) is 26.2 Å². The lowest BCUT2D eigenvalue weighted by Crippen LogP contribution is -2.22. The Morgan fingerprint density at radius 3 is 2.63 bits per heavy atom. The van der Waals surface area contributed by atoms with E-state index in [0.29, 0.717) is 34.6 Å². The minimum atomic E-state index is -0.506. The summed E-state index contributed by atoms with van der Waals surface area (Å²) in [6.07, 6.45) is 2.55. The molecule has 2 aromatic rings. The van der Waals surface area contributed by atoms with Gasteiger partial charge in [0, 0.05) is 22.1 Å². The monoisotopic (exact) mass is 474 g/mol. The standard InChI is InChI=1S/C22H23BrN2O5/c1-2-10-29-22(28)18-11-15(23)8-9-19(18)25-20(26)13-30-17-5-3-4-16(12-17)24-21(27)14-6-7-14/h3-5,8-9,11-12,14H,2,6-7,10,13H2,1H3,(H,24,27)(H,25,26). The number of ether oxygens (including phenoxy) is 2. The minimum Gasteiger partial charge on any atom is -0.484 e. The number of amides is 2. The Hall–Kier alpha value is -2.87. The predicted octanol–water partition coefficient (Wildman–Crippen LogP) is 4.38. The zero-order chi connectivity index (χ0) is 21.5. The second kappa shape index (κ2) is 10.2. The van der Waals surface area contributed by atoms with E-state index in [1.165, 1.54) is 0 Å². The number of benzene rings is 2. The third-order valence-electron chi connectivity index (χ3n) is 4.33. The van der Waals surface area contributed by atoms with Crippen LogP contribution in [0.25, 0.3) is 0 Å². The van der Waals surface area contributed by atoms with Gasteiger partial charge >= 0.3 is 5.97 Å². The van der Waals surface area contributed by atoms with Crippen LogP contribution in [0.4, 0.5) is 11.4 Å². The largest absolute Gasteiger partial charge is 0.484 e. The molecule has 2 aromatic carbocycles. The number of carbonyl (C=O) groups is 3. The van der Waals surface area contributed by atoms with E-state index in [-0.39, 0.29) is 24.0 Å². The van der Waals surface area contributed by atoms with E-state index in [1.54, 1.807) is 42.5 Å². The zero-order valence-electron chi connectivity index (χ0n) is 16.6. The summed E-state index contributed by atoms with van der Waals surface area (Å²) < 4.78 is 11.4. The van der Waals surface area contributed by atoms with Crippen LogP contribution >= 0.6 is 15.9 Å². The summed E-state index contributed by atoms with van der Waals surface area (Å²) in [6, 6.07) is 11.8. The maximum Gasteiger partial charge on any atom is 0.340 e. The van der Waals surface area contributed by atoms with Crippen molar-refractivity contribution < 1.29 is 23.9 Å². The highest BCUT2D eigenvalue weighted by Gasteiger charge is 2.29. The molecule has 0 unspecified atom stereocenters. The van der Waals surface area contributed by atoms with Gasteiger partial charge in [-0.05, 0) is 49.6 Å². The van der Waals surface area contributed by atoms with Crippen molar-refractivity contribution in [2.24, 2.45) is 5.92 Å². The first-order chi connectivity index (χ1) is 14.5. The lowest BCUT2D eigenvalue weighted by Gasteiger charge is -2.12. The lowest BCUT2D eigenvalue weighted by molar-refractivity contribution is -0.118. The summed E-state index contributed by atoms with van der Waals surface area (Å²) in [5.74, 6) is -0.369. The molecule has 1 aliphatic carbocycles. The molecular weight excluding hydrogens is 452 g/mol. The van der Waals surface area contributed by atoms with E-state index in [0.717, 1.165) is 12.8 Å². The molecular formula is C22H23BrN2O5. The van der Waals surface area contributed by atoms with Crippen LogP contribution in [0.5, 0.6) is 5.75 Å². The highest BCUT2D eigenvalue weighted by atomic mass is 79.9. The molecule has 1 fully saturated rings. The molecule has 7 nitrogen and oxygen atoms in total. The number of rotatable bonds is 9. The van der Waals surface area contributed by atoms with Crippen LogP contribution in [0.15, 0.2) is 46.9 Å². The number of halogens is 1. The SMILES string of the molecule is CCCOC(=O)c1cc(Br)ccc1NC(=O)COc1cccc(NC(=O)C2CC2)c1. The van der Waals surface area contributed by atoms with Gasteiger partial charge in [0.15, 0.2) is 6.61 Å². The quantitative estimate of drug-likeness (QED) is 0.525. The number of carbonyl (C=O) groups excluding carboxylic acids is 3. The third-order valence-corrected chi connectivity index (χ3v) is 4.83. The topological polar surface area (TPSA) is 93.7 Å². The lowest BCUT2D eigenvalue weighted by atomic mass is 10.2. The predicted molar refractivity (Wildman–Crippen MR) is 117 cm³/mol. The van der Waals surface area contributed by atoms with E-state index >= 15 is 0 Å². The van der Waals surface area contributed by atoms with Crippen molar-refractivity contribution in [3.05, 3.63) is 52.5 Å². The van der Waals surface area contributed by atoms with Gasteiger partial charge in [0.25, 0.3) is 5.91 Å². The fourth-order valence-corrected chi connectivity index (χ4v) is 3.02. The molecule has 158 valence electrons. The van der Waals surface area contributed by atoms with Crippen molar-refractivity contribution in [1.29, 1.82) is 0 Å². The molecule has 0 heterocycles. The van der Waals surface area contributed by atoms with E-state index in [9.17, 15) is 14.4 Å². The molecule has 1 saturated carbocycles. The van der Waals surface area contributed by atoms with Crippen LogP contribution in [-0.2, 0) is 14.3 Å². The number of hydrogen-bond acceptors (Lipinski definition) is 5. The van der Waals surface area contributed by atoms with E-state index in [4.69, 9.17) is 9.47 Å². The Morgan fingerprint density at radius 2 is 1.90 bits per heavy atom. The first-order valence-corrected chi connectivity index (χ1v) is 10.6. The summed E-state index contributed by atoms with van der Waals surface area (Å²) >= 11 is 3.32. The van der Waals surface area contributed by atoms with Crippen LogP contribution in [0.3, 0.4) is 0 Å². The molecule has 0 aliphatic heterocycles. The van der Waals surface area contributed by atoms with Crippen LogP contribution in [0, 0.1) is 5.92 Å². The summed E-state index contributed by atoms with van der Waals surface area (Å²) in [7, 11) is 0. The van der Waals surface area contributed by atoms with Gasteiger partial charge in [0.1, 0.15) is 5.75 Å². The Bertz CT molecular complexity index is 943. The summed E-state index contributed by atoms with van der Waals surface area (Å²) in [4.78, 5) is 36.5. The van der Waals surface area contributed by atoms with Crippen molar-refractivity contribution >= 4 is 45.1 Å².